The molecule has 0 fully saturated rings. The predicted octanol–water partition coefficient (Wildman–Crippen LogP) is -0.681. The van der Waals surface area contributed by atoms with Gasteiger partial charge in [0.1, 0.15) is 0 Å². The normalized spacial score (nSPS) is 20.2. The second-order valence-corrected chi connectivity index (χ2v) is 3.89. The maximum atomic E-state index is 11.4. The van der Waals surface area contributed by atoms with Crippen LogP contribution in [0, 0.1) is 20.2 Å². The average molecular weight is 300 g/mol. The quantitative estimate of drug-likeness (QED) is 0.414. The summed E-state index contributed by atoms with van der Waals surface area (Å²) in [7, 11) is 0.979. The number of anilines is 1. The number of Topliss-reactive ketones (excluding diaryl/α,β-unsaturated/α-hetero) is 1. The molecule has 13 nitrogen and oxygen atoms in total. The lowest BCUT2D eigenvalue weighted by molar-refractivity contribution is -0.424. The number of rotatable bonds is 4. The van der Waals surface area contributed by atoms with Crippen molar-refractivity contribution in [2.45, 2.75) is 12.8 Å². The molecule has 1 atom stereocenters. The molecule has 1 aromatic rings. The summed E-state index contributed by atoms with van der Waals surface area (Å²) in [6.45, 7) is 1.06. The van der Waals surface area contributed by atoms with E-state index in [0.29, 0.717) is 4.68 Å². The predicted molar refractivity (Wildman–Crippen MR) is 64.5 cm³/mol. The maximum Gasteiger partial charge on any atom is 0.470 e. The number of aromatic nitrogens is 2. The third kappa shape index (κ3) is 1.91. The molecule has 0 spiro atoms. The molecule has 21 heavy (non-hydrogen) atoms. The first-order valence-corrected chi connectivity index (χ1v) is 5.29. The minimum absolute atomic E-state index is 0.424. The van der Waals surface area contributed by atoms with Crippen molar-refractivity contribution in [1.29, 1.82) is 0 Å². The number of nitrogens with zero attached hydrogens (tertiary/aromatic N) is 5. The fourth-order valence-electron chi connectivity index (χ4n) is 1.78. The highest BCUT2D eigenvalue weighted by Crippen LogP contribution is 2.39. The van der Waals surface area contributed by atoms with Crippen molar-refractivity contribution in [3.8, 4) is 0 Å². The third-order valence-corrected chi connectivity index (χ3v) is 2.69. The minimum Gasteiger partial charge on any atom is -0.358 e. The molecule has 2 heterocycles. The molecule has 1 aromatic heterocycles. The number of fused-ring (bicyclic) bond motifs is 1. The van der Waals surface area contributed by atoms with Crippen molar-refractivity contribution in [1.82, 2.24) is 9.78 Å². The van der Waals surface area contributed by atoms with Gasteiger partial charge in [-0.15, -0.1) is 0 Å². The standard InChI is InChI=1S/C8H8N6O7/c1-3(15)5-8(16,21-2)12-6(10-9-5)4(13(17)18)7(11-12)14(19)20/h10,16H,1-2H3/t8-/m0/s1. The van der Waals surface area contributed by atoms with Gasteiger partial charge in [-0.25, -0.2) is 0 Å². The summed E-state index contributed by atoms with van der Waals surface area (Å²) in [4.78, 5) is 31.0. The topological polar surface area (TPSA) is 175 Å². The fraction of sp³-hybridized carbons (Fsp3) is 0.375. The van der Waals surface area contributed by atoms with Gasteiger partial charge in [-0.3, -0.25) is 20.3 Å². The van der Waals surface area contributed by atoms with Gasteiger partial charge in [0.05, 0.1) is 10.0 Å². The summed E-state index contributed by atoms with van der Waals surface area (Å²) in [5.74, 6) is -5.02. The Morgan fingerprint density at radius 3 is 2.48 bits per heavy atom. The molecule has 0 amide bonds. The number of aliphatic hydroxyl groups is 1. The van der Waals surface area contributed by atoms with E-state index in [-0.39, 0.29) is 0 Å². The van der Waals surface area contributed by atoms with Crippen LogP contribution >= 0.6 is 0 Å². The first-order chi connectivity index (χ1) is 9.74. The highest BCUT2D eigenvalue weighted by atomic mass is 16.7. The van der Waals surface area contributed by atoms with Gasteiger partial charge in [0, 0.05) is 14.0 Å². The van der Waals surface area contributed by atoms with Crippen molar-refractivity contribution in [2.75, 3.05) is 12.5 Å². The number of ketones is 1. The summed E-state index contributed by atoms with van der Waals surface area (Å²) in [6, 6.07) is 0. The molecule has 0 aliphatic carbocycles. The van der Waals surface area contributed by atoms with Gasteiger partial charge in [-0.2, -0.15) is 5.10 Å². The van der Waals surface area contributed by atoms with Crippen LogP contribution in [-0.2, 0) is 15.4 Å². The summed E-state index contributed by atoms with van der Waals surface area (Å²) in [6.07, 6.45) is 0. The van der Waals surface area contributed by atoms with Crippen molar-refractivity contribution < 1.29 is 24.5 Å². The number of nitro groups is 2. The van der Waals surface area contributed by atoms with Crippen LogP contribution in [0.5, 0.6) is 0 Å². The molecule has 2 N–H and O–H groups in total. The zero-order valence-electron chi connectivity index (χ0n) is 10.6. The van der Waals surface area contributed by atoms with E-state index in [9.17, 15) is 30.1 Å². The largest absolute Gasteiger partial charge is 0.470 e. The van der Waals surface area contributed by atoms with Gasteiger partial charge < -0.3 is 20.0 Å². The molecule has 0 saturated carbocycles. The second-order valence-electron chi connectivity index (χ2n) is 3.89. The number of hydrogen-bond donors (Lipinski definition) is 2. The molecule has 13 heteroatoms. The number of ether oxygens (including phenoxy) is 1. The first-order valence-electron chi connectivity index (χ1n) is 5.29. The monoisotopic (exact) mass is 300 g/mol. The van der Waals surface area contributed by atoms with Crippen LogP contribution in [0.2, 0.25) is 0 Å². The molecule has 1 aliphatic rings. The zero-order valence-corrected chi connectivity index (χ0v) is 10.6. The number of hydrazone groups is 1. The van der Waals surface area contributed by atoms with E-state index in [2.05, 4.69) is 15.6 Å². The van der Waals surface area contributed by atoms with E-state index in [1.807, 2.05) is 0 Å². The molecular formula is C8H8N6O7. The Labute approximate surface area is 115 Å². The molecule has 0 bridgehead atoms. The molecule has 0 aromatic carbocycles. The first kappa shape index (κ1) is 14.5. The van der Waals surface area contributed by atoms with Crippen LogP contribution in [0.3, 0.4) is 0 Å². The zero-order chi connectivity index (χ0) is 15.9. The van der Waals surface area contributed by atoms with Crippen LogP contribution < -0.4 is 5.43 Å². The van der Waals surface area contributed by atoms with E-state index in [0.717, 1.165) is 14.0 Å². The molecule has 112 valence electrons. The second kappa shape index (κ2) is 4.57. The van der Waals surface area contributed by atoms with Gasteiger partial charge >= 0.3 is 17.4 Å². The highest BCUT2D eigenvalue weighted by molar-refractivity contribution is 6.41. The Hall–Kier alpha value is -2.93. The lowest BCUT2D eigenvalue weighted by Crippen LogP contribution is -2.50. The average Bonchev–Trinajstić information content (AvgIpc) is 2.79. The van der Waals surface area contributed by atoms with E-state index >= 15 is 0 Å². The SMILES string of the molecule is CO[C@@]1(O)C(C(C)=O)=NNc2c([N+](=O)[O-])c([N+](=O)[O-])nn21. The summed E-state index contributed by atoms with van der Waals surface area (Å²) >= 11 is 0. The fourth-order valence-corrected chi connectivity index (χ4v) is 1.78. The Balaban J connectivity index is 2.76. The van der Waals surface area contributed by atoms with Gasteiger partial charge in [-0.05, 0) is 4.92 Å². The number of carbonyl (C=O) groups is 1. The highest BCUT2D eigenvalue weighted by Gasteiger charge is 2.52. The van der Waals surface area contributed by atoms with E-state index in [1.54, 1.807) is 0 Å². The number of carbonyl (C=O) groups excluding carboxylic acids is 1. The minimum atomic E-state index is -2.59. The maximum absolute atomic E-state index is 11.4. The van der Waals surface area contributed by atoms with Crippen LogP contribution in [-0.4, -0.2) is 43.3 Å². The van der Waals surface area contributed by atoms with Crippen molar-refractivity contribution in [3.05, 3.63) is 20.2 Å². The third-order valence-electron chi connectivity index (χ3n) is 2.69. The van der Waals surface area contributed by atoms with Gasteiger partial charge in [0.15, 0.2) is 11.5 Å². The van der Waals surface area contributed by atoms with E-state index in [1.165, 1.54) is 0 Å². The Morgan fingerprint density at radius 2 is 2.05 bits per heavy atom. The number of methoxy groups -OCH3 is 1. The Kier molecular flexibility index (Phi) is 3.15. The molecule has 2 rings (SSSR count). The lowest BCUT2D eigenvalue weighted by Gasteiger charge is -2.27. The van der Waals surface area contributed by atoms with Crippen LogP contribution in [0.25, 0.3) is 0 Å². The molecule has 1 aliphatic heterocycles. The van der Waals surface area contributed by atoms with Gasteiger partial charge in [0.2, 0.25) is 0 Å². The van der Waals surface area contributed by atoms with Crippen molar-refractivity contribution in [2.24, 2.45) is 5.10 Å². The smallest absolute Gasteiger partial charge is 0.358 e. The van der Waals surface area contributed by atoms with Crippen LogP contribution in [0.15, 0.2) is 5.10 Å². The molecular weight excluding hydrogens is 292 g/mol. The molecule has 0 radical (unpaired) electrons. The number of hydrogen-bond acceptors (Lipinski definition) is 10. The molecule has 0 unspecified atom stereocenters. The summed E-state index contributed by atoms with van der Waals surface area (Å²) in [5, 5.41) is 38.9. The van der Waals surface area contributed by atoms with Crippen molar-refractivity contribution >= 4 is 28.8 Å². The Morgan fingerprint density at radius 1 is 1.43 bits per heavy atom. The number of nitrogens with one attached hydrogen (secondary N) is 1. The van der Waals surface area contributed by atoms with E-state index in [4.69, 9.17) is 4.74 Å². The van der Waals surface area contributed by atoms with Crippen LogP contribution in [0.1, 0.15) is 6.92 Å². The Bertz CT molecular complexity index is 694. The van der Waals surface area contributed by atoms with E-state index < -0.39 is 44.6 Å². The lowest BCUT2D eigenvalue weighted by atomic mass is 10.2. The molecule has 0 saturated heterocycles. The van der Waals surface area contributed by atoms with Crippen molar-refractivity contribution in [3.63, 3.8) is 0 Å². The van der Waals surface area contributed by atoms with Crippen LogP contribution in [0.4, 0.5) is 17.3 Å². The summed E-state index contributed by atoms with van der Waals surface area (Å²) in [5.41, 5.74) is 0.513. The van der Waals surface area contributed by atoms with Gasteiger partial charge in [0.25, 0.3) is 5.82 Å². The summed E-state index contributed by atoms with van der Waals surface area (Å²) < 4.78 is 5.15. The van der Waals surface area contributed by atoms with Gasteiger partial charge in [-0.1, -0.05) is 4.68 Å².